The van der Waals surface area contributed by atoms with Gasteiger partial charge in [0.2, 0.25) is 5.91 Å². The van der Waals surface area contributed by atoms with Gasteiger partial charge in [0.25, 0.3) is 0 Å². The fourth-order valence-electron chi connectivity index (χ4n) is 10.9. The van der Waals surface area contributed by atoms with E-state index in [0.717, 1.165) is 51.4 Å². The van der Waals surface area contributed by atoms with E-state index >= 15 is 0 Å². The zero-order chi connectivity index (χ0) is 57.1. The van der Waals surface area contributed by atoms with Crippen LogP contribution >= 0.6 is 0 Å². The van der Waals surface area contributed by atoms with E-state index in [9.17, 15) is 19.8 Å². The summed E-state index contributed by atoms with van der Waals surface area (Å²) in [5.74, 6) is -0.0606. The van der Waals surface area contributed by atoms with Gasteiger partial charge in [-0.1, -0.05) is 332 Å². The van der Waals surface area contributed by atoms with Gasteiger partial charge < -0.3 is 20.3 Å². The summed E-state index contributed by atoms with van der Waals surface area (Å²) in [6.07, 6.45) is 89.1. The first-order valence-electron chi connectivity index (χ1n) is 35.4. The fraction of sp³-hybridized carbons (Fsp3) is 0.863. The summed E-state index contributed by atoms with van der Waals surface area (Å²) >= 11 is 0. The van der Waals surface area contributed by atoms with Gasteiger partial charge in [0.15, 0.2) is 0 Å². The Hall–Kier alpha value is -2.18. The lowest BCUT2D eigenvalue weighted by molar-refractivity contribution is -0.143. The highest BCUT2D eigenvalue weighted by Crippen LogP contribution is 2.18. The minimum atomic E-state index is -0.844. The van der Waals surface area contributed by atoms with E-state index in [0.29, 0.717) is 19.4 Å². The van der Waals surface area contributed by atoms with E-state index in [1.807, 2.05) is 6.08 Å². The van der Waals surface area contributed by atoms with Crippen molar-refractivity contribution in [2.45, 2.75) is 392 Å². The van der Waals surface area contributed by atoms with E-state index < -0.39 is 12.1 Å². The maximum absolute atomic E-state index is 12.5. The summed E-state index contributed by atoms with van der Waals surface area (Å²) in [4.78, 5) is 24.5. The molecule has 6 nitrogen and oxygen atoms in total. The van der Waals surface area contributed by atoms with Crippen LogP contribution in [0, 0.1) is 0 Å². The fourth-order valence-corrected chi connectivity index (χ4v) is 10.9. The van der Waals surface area contributed by atoms with Gasteiger partial charge in [0.1, 0.15) is 0 Å². The number of unbranched alkanes of at least 4 members (excludes halogenated alkanes) is 49. The van der Waals surface area contributed by atoms with Crippen molar-refractivity contribution in [2.24, 2.45) is 0 Å². The molecule has 0 aromatic rings. The molecule has 0 bridgehead atoms. The zero-order valence-corrected chi connectivity index (χ0v) is 53.1. The van der Waals surface area contributed by atoms with E-state index in [4.69, 9.17) is 4.74 Å². The van der Waals surface area contributed by atoms with Crippen LogP contribution in [-0.2, 0) is 14.3 Å². The van der Waals surface area contributed by atoms with Gasteiger partial charge in [-0.3, -0.25) is 9.59 Å². The molecule has 0 saturated carbocycles. The maximum Gasteiger partial charge on any atom is 0.305 e. The van der Waals surface area contributed by atoms with Crippen molar-refractivity contribution in [3.8, 4) is 0 Å². The van der Waals surface area contributed by atoms with E-state index in [-0.39, 0.29) is 18.5 Å². The van der Waals surface area contributed by atoms with Crippen molar-refractivity contribution in [2.75, 3.05) is 13.2 Å². The highest BCUT2D eigenvalue weighted by atomic mass is 16.5. The van der Waals surface area contributed by atoms with Gasteiger partial charge in [0.05, 0.1) is 25.4 Å². The van der Waals surface area contributed by atoms with Crippen LogP contribution in [0.4, 0.5) is 0 Å². The van der Waals surface area contributed by atoms with E-state index in [2.05, 4.69) is 55.6 Å². The van der Waals surface area contributed by atoms with E-state index in [1.54, 1.807) is 6.08 Å². The molecule has 2 atom stereocenters. The molecule has 0 aliphatic carbocycles. The number of rotatable bonds is 66. The number of aliphatic hydroxyl groups excluding tert-OH is 2. The molecule has 3 N–H and O–H groups in total. The number of ether oxygens (including phenoxy) is 1. The molecule has 0 rings (SSSR count). The normalized spacial score (nSPS) is 12.8. The van der Waals surface area contributed by atoms with Crippen LogP contribution in [0.5, 0.6) is 0 Å². The minimum absolute atomic E-state index is 0.00276. The second kappa shape index (κ2) is 68.3. The van der Waals surface area contributed by atoms with Crippen molar-refractivity contribution in [3.63, 3.8) is 0 Å². The number of carbonyl (C=O) groups is 2. The molecule has 6 heteroatoms. The Bertz CT molecular complexity index is 1320. The van der Waals surface area contributed by atoms with Crippen LogP contribution in [0.3, 0.4) is 0 Å². The third-order valence-electron chi connectivity index (χ3n) is 16.3. The average Bonchev–Trinajstić information content (AvgIpc) is 3.45. The predicted octanol–water partition coefficient (Wildman–Crippen LogP) is 22.9. The van der Waals surface area contributed by atoms with Gasteiger partial charge in [-0.2, -0.15) is 0 Å². The second-order valence-corrected chi connectivity index (χ2v) is 24.2. The number of carbonyl (C=O) groups excluding carboxylic acids is 2. The Morgan fingerprint density at radius 2 is 0.646 bits per heavy atom. The molecule has 0 aromatic heterocycles. The first-order valence-corrected chi connectivity index (χ1v) is 35.4. The first-order chi connectivity index (χ1) is 39.0. The molecule has 0 radical (unpaired) electrons. The molecule has 0 aliphatic heterocycles. The lowest BCUT2D eigenvalue weighted by Crippen LogP contribution is -2.45. The standard InChI is InChI=1S/C73H137NO5/c1-3-5-7-9-11-13-15-16-17-18-36-39-42-46-49-53-57-61-65-71(76)70(69-75)74-72(77)66-62-58-54-50-47-43-40-37-34-32-30-28-26-24-22-20-19-21-23-25-27-29-31-33-35-38-41-44-48-52-56-60-64-68-79-73(78)67-63-59-55-51-45-14-12-10-8-6-4-2/h10,12,23,25,29,31,61,65,70-71,75-76H,3-9,11,13-22,24,26-28,30,32-60,62-64,66-69H2,1-2H3,(H,74,77)/b12-10-,25-23-,31-29-,65-61+. The number of aliphatic hydroxyl groups is 2. The Morgan fingerprint density at radius 1 is 0.354 bits per heavy atom. The molecule has 0 spiro atoms. The summed E-state index contributed by atoms with van der Waals surface area (Å²) in [5.41, 5.74) is 0. The lowest BCUT2D eigenvalue weighted by atomic mass is 10.0. The number of esters is 1. The van der Waals surface area contributed by atoms with Gasteiger partial charge in [-0.15, -0.1) is 0 Å². The van der Waals surface area contributed by atoms with Crippen molar-refractivity contribution < 1.29 is 24.5 Å². The van der Waals surface area contributed by atoms with Gasteiger partial charge in [-0.25, -0.2) is 0 Å². The number of hydrogen-bond acceptors (Lipinski definition) is 5. The summed E-state index contributed by atoms with van der Waals surface area (Å²) < 4.78 is 5.46. The smallest absolute Gasteiger partial charge is 0.305 e. The van der Waals surface area contributed by atoms with Crippen molar-refractivity contribution in [1.82, 2.24) is 5.32 Å². The first kappa shape index (κ1) is 76.8. The number of nitrogens with one attached hydrogen (secondary N) is 1. The van der Waals surface area contributed by atoms with E-state index in [1.165, 1.54) is 302 Å². The third-order valence-corrected chi connectivity index (χ3v) is 16.3. The molecular weight excluding hydrogens is 971 g/mol. The third kappa shape index (κ3) is 64.8. The minimum Gasteiger partial charge on any atom is -0.466 e. The van der Waals surface area contributed by atoms with Crippen LogP contribution < -0.4 is 5.32 Å². The molecule has 2 unspecified atom stereocenters. The Kier molecular flexibility index (Phi) is 66.4. The molecule has 0 fully saturated rings. The van der Waals surface area contributed by atoms with Crippen LogP contribution in [0.25, 0.3) is 0 Å². The molecule has 0 aliphatic rings. The highest BCUT2D eigenvalue weighted by Gasteiger charge is 2.18. The van der Waals surface area contributed by atoms with Crippen molar-refractivity contribution >= 4 is 11.9 Å². The largest absolute Gasteiger partial charge is 0.466 e. The number of allylic oxidation sites excluding steroid dienone is 7. The van der Waals surface area contributed by atoms with Gasteiger partial charge >= 0.3 is 5.97 Å². The number of hydrogen-bond donors (Lipinski definition) is 3. The zero-order valence-electron chi connectivity index (χ0n) is 53.1. The average molecular weight is 1110 g/mol. The molecule has 464 valence electrons. The van der Waals surface area contributed by atoms with Crippen molar-refractivity contribution in [3.05, 3.63) is 48.6 Å². The lowest BCUT2D eigenvalue weighted by Gasteiger charge is -2.20. The molecule has 1 amide bonds. The summed E-state index contributed by atoms with van der Waals surface area (Å²) in [5, 5.41) is 23.2. The van der Waals surface area contributed by atoms with Crippen LogP contribution in [0.2, 0.25) is 0 Å². The quantitative estimate of drug-likeness (QED) is 0.0320. The molecule has 0 aromatic carbocycles. The summed E-state index contributed by atoms with van der Waals surface area (Å²) in [6, 6.07) is -0.627. The molecular formula is C73H137NO5. The SMILES string of the molecule is CCCC/C=C\CCCCCCCC(=O)OCCCCCCCCCCC/C=C\C/C=C\CCCCCCCCCCCCCCCCCCCC(=O)NC(CO)C(O)/C=C/CCCCCCCCCCCCCCCCCC. The Morgan fingerprint density at radius 3 is 1.01 bits per heavy atom. The molecule has 0 heterocycles. The van der Waals surface area contributed by atoms with Crippen LogP contribution in [-0.4, -0.2) is 47.4 Å². The molecule has 79 heavy (non-hydrogen) atoms. The number of amides is 1. The summed E-state index contributed by atoms with van der Waals surface area (Å²) in [6.45, 7) is 4.89. The van der Waals surface area contributed by atoms with Gasteiger partial charge in [0, 0.05) is 12.8 Å². The van der Waals surface area contributed by atoms with Gasteiger partial charge in [-0.05, 0) is 83.5 Å². The van der Waals surface area contributed by atoms with Crippen LogP contribution in [0.1, 0.15) is 380 Å². The summed E-state index contributed by atoms with van der Waals surface area (Å²) in [7, 11) is 0. The highest BCUT2D eigenvalue weighted by molar-refractivity contribution is 5.76. The van der Waals surface area contributed by atoms with Crippen LogP contribution in [0.15, 0.2) is 48.6 Å². The van der Waals surface area contributed by atoms with Crippen molar-refractivity contribution in [1.29, 1.82) is 0 Å². The molecule has 0 saturated heterocycles. The topological polar surface area (TPSA) is 95.9 Å². The Labute approximate surface area is 493 Å². The second-order valence-electron chi connectivity index (χ2n) is 24.2. The monoisotopic (exact) mass is 1110 g/mol. The Balaban J connectivity index is 3.41. The predicted molar refractivity (Wildman–Crippen MR) is 347 cm³/mol. The maximum atomic E-state index is 12.5.